The minimum Gasteiger partial charge on any atom is -0.378 e. The van der Waals surface area contributed by atoms with Crippen LogP contribution in [0.2, 0.25) is 0 Å². The van der Waals surface area contributed by atoms with E-state index >= 15 is 0 Å². The third-order valence-electron chi connectivity index (χ3n) is 4.43. The van der Waals surface area contributed by atoms with Gasteiger partial charge in [0.05, 0.1) is 30.0 Å². The molecule has 1 aliphatic heterocycles. The molecular weight excluding hydrogens is 322 g/mol. The molecule has 3 aromatic heterocycles. The van der Waals surface area contributed by atoms with Crippen molar-refractivity contribution in [3.63, 3.8) is 0 Å². The van der Waals surface area contributed by atoms with Crippen molar-refractivity contribution < 1.29 is 9.53 Å². The number of aromatic nitrogens is 2. The van der Waals surface area contributed by atoms with E-state index in [1.54, 1.807) is 0 Å². The lowest BCUT2D eigenvalue weighted by atomic mass is 10.1. The molecule has 4 rings (SSSR count). The second kappa shape index (κ2) is 6.84. The van der Waals surface area contributed by atoms with Crippen LogP contribution in [-0.2, 0) is 11.3 Å². The zero-order valence-corrected chi connectivity index (χ0v) is 14.1. The Morgan fingerprint density at radius 2 is 2.29 bits per heavy atom. The molecule has 1 atom stereocenters. The number of carbonyl (C=O) groups excluding carboxylic acids is 1. The van der Waals surface area contributed by atoms with E-state index in [4.69, 9.17) is 4.74 Å². The lowest BCUT2D eigenvalue weighted by Gasteiger charge is -2.35. The van der Waals surface area contributed by atoms with Gasteiger partial charge in [-0.25, -0.2) is 4.98 Å². The summed E-state index contributed by atoms with van der Waals surface area (Å²) in [6, 6.07) is 9.93. The van der Waals surface area contributed by atoms with Gasteiger partial charge in [0.1, 0.15) is 5.65 Å². The van der Waals surface area contributed by atoms with Crippen LogP contribution in [-0.4, -0.2) is 45.9 Å². The maximum absolute atomic E-state index is 12.4. The number of carbonyl (C=O) groups is 1. The van der Waals surface area contributed by atoms with Gasteiger partial charge in [0.2, 0.25) is 0 Å². The number of morpholine rings is 1. The molecule has 24 heavy (non-hydrogen) atoms. The normalized spacial score (nSPS) is 18.9. The van der Waals surface area contributed by atoms with Crippen LogP contribution in [0.3, 0.4) is 0 Å². The summed E-state index contributed by atoms with van der Waals surface area (Å²) in [4.78, 5) is 20.1. The molecule has 0 amide bonds. The first-order chi connectivity index (χ1) is 11.8. The lowest BCUT2D eigenvalue weighted by Crippen LogP contribution is -2.46. The Bertz CT molecular complexity index is 828. The number of imidazole rings is 1. The van der Waals surface area contributed by atoms with Gasteiger partial charge in [0, 0.05) is 31.7 Å². The molecule has 0 unspecified atom stereocenters. The summed E-state index contributed by atoms with van der Waals surface area (Å²) < 4.78 is 7.73. The Labute approximate surface area is 144 Å². The summed E-state index contributed by atoms with van der Waals surface area (Å²) in [5.74, 6) is 0.198. The Kier molecular flexibility index (Phi) is 4.42. The molecule has 6 heteroatoms. The molecule has 0 aliphatic carbocycles. The van der Waals surface area contributed by atoms with Gasteiger partial charge < -0.3 is 9.14 Å². The van der Waals surface area contributed by atoms with E-state index < -0.39 is 0 Å². The van der Waals surface area contributed by atoms with Crippen molar-refractivity contribution in [2.45, 2.75) is 19.0 Å². The molecule has 0 saturated carbocycles. The largest absolute Gasteiger partial charge is 0.378 e. The number of ketones is 1. The molecule has 0 bridgehead atoms. The maximum Gasteiger partial charge on any atom is 0.174 e. The van der Waals surface area contributed by atoms with Crippen LogP contribution in [0.25, 0.3) is 5.65 Å². The van der Waals surface area contributed by atoms with Crippen LogP contribution < -0.4 is 0 Å². The van der Waals surface area contributed by atoms with Gasteiger partial charge in [-0.2, -0.15) is 0 Å². The Morgan fingerprint density at radius 3 is 3.17 bits per heavy atom. The highest BCUT2D eigenvalue weighted by atomic mass is 32.1. The minimum absolute atomic E-state index is 0.114. The molecule has 0 aromatic carbocycles. The molecule has 1 aliphatic rings. The SMILES string of the molecule is O=C(C[C@@H]1COCCN1Cc1cnc2ccccn12)c1cccs1. The predicted molar refractivity (Wildman–Crippen MR) is 93.5 cm³/mol. The predicted octanol–water partition coefficient (Wildman–Crippen LogP) is 2.87. The quantitative estimate of drug-likeness (QED) is 0.670. The molecule has 124 valence electrons. The highest BCUT2D eigenvalue weighted by Gasteiger charge is 2.26. The highest BCUT2D eigenvalue weighted by molar-refractivity contribution is 7.12. The van der Waals surface area contributed by atoms with Crippen LogP contribution in [0.15, 0.2) is 48.1 Å². The van der Waals surface area contributed by atoms with Crippen LogP contribution in [0.5, 0.6) is 0 Å². The first-order valence-corrected chi connectivity index (χ1v) is 8.99. The number of fused-ring (bicyclic) bond motifs is 1. The summed E-state index contributed by atoms with van der Waals surface area (Å²) in [7, 11) is 0. The number of pyridine rings is 1. The van der Waals surface area contributed by atoms with Crippen molar-refractivity contribution in [2.24, 2.45) is 0 Å². The summed E-state index contributed by atoms with van der Waals surface area (Å²) in [6.45, 7) is 2.92. The second-order valence-electron chi connectivity index (χ2n) is 5.98. The fourth-order valence-electron chi connectivity index (χ4n) is 3.15. The van der Waals surface area contributed by atoms with Crippen molar-refractivity contribution >= 4 is 22.8 Å². The van der Waals surface area contributed by atoms with Gasteiger partial charge in [-0.3, -0.25) is 9.69 Å². The van der Waals surface area contributed by atoms with Crippen LogP contribution in [0, 0.1) is 0 Å². The van der Waals surface area contributed by atoms with E-state index in [1.807, 2.05) is 48.1 Å². The summed E-state index contributed by atoms with van der Waals surface area (Å²) in [6.07, 6.45) is 4.45. The molecule has 0 N–H and O–H groups in total. The van der Waals surface area contributed by atoms with E-state index in [9.17, 15) is 4.79 Å². The third kappa shape index (κ3) is 3.13. The first kappa shape index (κ1) is 15.5. The Morgan fingerprint density at radius 1 is 1.33 bits per heavy atom. The van der Waals surface area contributed by atoms with Crippen LogP contribution >= 0.6 is 11.3 Å². The van der Waals surface area contributed by atoms with Crippen molar-refractivity contribution in [1.82, 2.24) is 14.3 Å². The standard InChI is InChI=1S/C18H19N3O2S/c22-16(17-4-3-9-24-17)10-14-13-23-8-7-20(14)12-15-11-19-18-5-1-2-6-21(15)18/h1-6,9,11,14H,7-8,10,12-13H2/t14-/m1/s1. The average Bonchev–Trinajstić information content (AvgIpc) is 3.27. The number of ether oxygens (including phenoxy) is 1. The van der Waals surface area contributed by atoms with Gasteiger partial charge in [-0.15, -0.1) is 11.3 Å². The summed E-state index contributed by atoms with van der Waals surface area (Å²) in [5, 5.41) is 1.95. The fraction of sp³-hybridized carbons (Fsp3) is 0.333. The van der Waals surface area contributed by atoms with E-state index in [2.05, 4.69) is 14.3 Å². The van der Waals surface area contributed by atoms with Crippen molar-refractivity contribution in [2.75, 3.05) is 19.8 Å². The second-order valence-corrected chi connectivity index (χ2v) is 6.93. The highest BCUT2D eigenvalue weighted by Crippen LogP contribution is 2.19. The number of thiophene rings is 1. The van der Waals surface area contributed by atoms with Crippen molar-refractivity contribution in [3.05, 3.63) is 58.7 Å². The molecule has 1 fully saturated rings. The van der Waals surface area contributed by atoms with E-state index in [1.165, 1.54) is 11.3 Å². The molecule has 3 aromatic rings. The Balaban J connectivity index is 1.50. The van der Waals surface area contributed by atoms with Crippen molar-refractivity contribution in [3.8, 4) is 0 Å². The average molecular weight is 341 g/mol. The zero-order chi connectivity index (χ0) is 16.4. The topological polar surface area (TPSA) is 46.8 Å². The molecule has 4 heterocycles. The van der Waals surface area contributed by atoms with Gasteiger partial charge >= 0.3 is 0 Å². The number of hydrogen-bond acceptors (Lipinski definition) is 5. The molecule has 1 saturated heterocycles. The summed E-state index contributed by atoms with van der Waals surface area (Å²) in [5.41, 5.74) is 2.09. The van der Waals surface area contributed by atoms with Crippen molar-refractivity contribution in [1.29, 1.82) is 0 Å². The molecule has 0 radical (unpaired) electrons. The van der Waals surface area contributed by atoms with Crippen LogP contribution in [0.4, 0.5) is 0 Å². The van der Waals surface area contributed by atoms with Gasteiger partial charge in [0.25, 0.3) is 0 Å². The van der Waals surface area contributed by atoms with Gasteiger partial charge in [-0.05, 0) is 23.6 Å². The van der Waals surface area contributed by atoms with Gasteiger partial charge in [-0.1, -0.05) is 12.1 Å². The molecule has 0 spiro atoms. The minimum atomic E-state index is 0.114. The molecule has 5 nitrogen and oxygen atoms in total. The Hall–Kier alpha value is -2.02. The maximum atomic E-state index is 12.4. The zero-order valence-electron chi connectivity index (χ0n) is 13.3. The van der Waals surface area contributed by atoms with Crippen LogP contribution in [0.1, 0.15) is 21.8 Å². The number of Topliss-reactive ketones (excluding diaryl/α,β-unsaturated/α-hetero) is 1. The van der Waals surface area contributed by atoms with E-state index in [-0.39, 0.29) is 11.8 Å². The van der Waals surface area contributed by atoms with Gasteiger partial charge in [0.15, 0.2) is 5.78 Å². The lowest BCUT2D eigenvalue weighted by molar-refractivity contribution is -0.0131. The first-order valence-electron chi connectivity index (χ1n) is 8.11. The monoisotopic (exact) mass is 341 g/mol. The smallest absolute Gasteiger partial charge is 0.174 e. The fourth-order valence-corrected chi connectivity index (χ4v) is 3.82. The van der Waals surface area contributed by atoms with E-state index in [0.717, 1.165) is 29.3 Å². The summed E-state index contributed by atoms with van der Waals surface area (Å²) >= 11 is 1.51. The number of nitrogens with zero attached hydrogens (tertiary/aromatic N) is 3. The number of hydrogen-bond donors (Lipinski definition) is 0. The number of rotatable bonds is 5. The third-order valence-corrected chi connectivity index (χ3v) is 5.34. The molecular formula is C18H19N3O2S. The van der Waals surface area contributed by atoms with E-state index in [0.29, 0.717) is 19.6 Å².